The lowest BCUT2D eigenvalue weighted by Crippen LogP contribution is -2.60. The summed E-state index contributed by atoms with van der Waals surface area (Å²) in [5.74, 6) is -2.00. The van der Waals surface area contributed by atoms with Crippen molar-refractivity contribution in [1.82, 2.24) is 4.90 Å². The number of hydrogen-bond acceptors (Lipinski definition) is 6. The number of anilines is 2. The molecule has 3 amide bonds. The number of aryl methyl sites for hydroxylation is 2. The fourth-order valence-corrected chi connectivity index (χ4v) is 7.74. The Kier molecular flexibility index (Phi) is 9.75. The van der Waals surface area contributed by atoms with Crippen LogP contribution >= 0.6 is 0 Å². The first kappa shape index (κ1) is 33.4. The van der Waals surface area contributed by atoms with Crippen LogP contribution in [0.2, 0.25) is 0 Å². The van der Waals surface area contributed by atoms with Gasteiger partial charge in [0.05, 0.1) is 37.2 Å². The van der Waals surface area contributed by atoms with E-state index >= 15 is 0 Å². The van der Waals surface area contributed by atoms with Crippen molar-refractivity contribution in [3.8, 4) is 5.75 Å². The third kappa shape index (κ3) is 5.53. The first-order valence-corrected chi connectivity index (χ1v) is 16.3. The Hall–Kier alpha value is -3.95. The summed E-state index contributed by atoms with van der Waals surface area (Å²) in [6.07, 6.45) is 3.81. The van der Waals surface area contributed by atoms with E-state index in [0.717, 1.165) is 16.8 Å². The Morgan fingerprint density at radius 2 is 1.76 bits per heavy atom. The van der Waals surface area contributed by atoms with E-state index in [-0.39, 0.29) is 43.3 Å². The Labute approximate surface area is 272 Å². The molecule has 1 spiro atoms. The number of benzene rings is 2. The first-order chi connectivity index (χ1) is 22.0. The van der Waals surface area contributed by atoms with Crippen molar-refractivity contribution in [2.75, 3.05) is 36.1 Å². The van der Waals surface area contributed by atoms with Crippen LogP contribution in [0.25, 0.3) is 0 Å². The molecule has 6 atom stereocenters. The molecular weight excluding hydrogens is 582 g/mol. The van der Waals surface area contributed by atoms with Gasteiger partial charge in [-0.05, 0) is 81.0 Å². The Bertz CT molecular complexity index is 1490. The van der Waals surface area contributed by atoms with Gasteiger partial charge in [-0.25, -0.2) is 0 Å². The van der Waals surface area contributed by atoms with E-state index in [2.05, 4.69) is 13.2 Å². The van der Waals surface area contributed by atoms with Crippen molar-refractivity contribution < 1.29 is 29.0 Å². The van der Waals surface area contributed by atoms with Crippen LogP contribution < -0.4 is 14.5 Å². The second-order valence-electron chi connectivity index (χ2n) is 13.0. The van der Waals surface area contributed by atoms with Gasteiger partial charge in [-0.3, -0.25) is 14.4 Å². The van der Waals surface area contributed by atoms with Crippen LogP contribution in [-0.2, 0) is 19.1 Å². The number of carbonyl (C=O) groups is 3. The number of ether oxygens (including phenoxy) is 2. The third-order valence-electron chi connectivity index (χ3n) is 9.84. The minimum atomic E-state index is -1.21. The van der Waals surface area contributed by atoms with E-state index in [4.69, 9.17) is 9.47 Å². The van der Waals surface area contributed by atoms with Gasteiger partial charge in [-0.1, -0.05) is 38.1 Å². The molecular formula is C37H47N3O6. The van der Waals surface area contributed by atoms with E-state index in [1.807, 2.05) is 77.1 Å². The van der Waals surface area contributed by atoms with Crippen LogP contribution in [0.3, 0.4) is 0 Å². The maximum absolute atomic E-state index is 14.9. The highest BCUT2D eigenvalue weighted by molar-refractivity contribution is 6.07. The molecule has 9 heteroatoms. The van der Waals surface area contributed by atoms with Gasteiger partial charge in [0.1, 0.15) is 17.4 Å². The maximum atomic E-state index is 14.9. The SMILES string of the molecule is C=CCN(C(=O)[C@@H]1[C@H]2C(=O)N([C@@H](CO)C(C)C)C(C(=O)N(CC=C)c3cc(C)ccc3C)C23CC[C@H]1O3)c1ccc(OCC)cc1. The Morgan fingerprint density at radius 3 is 2.37 bits per heavy atom. The number of likely N-dealkylation sites (tertiary alicyclic amines) is 1. The number of hydrogen-bond donors (Lipinski definition) is 1. The minimum Gasteiger partial charge on any atom is -0.494 e. The molecule has 3 aliphatic heterocycles. The van der Waals surface area contributed by atoms with Crippen LogP contribution in [0.5, 0.6) is 5.75 Å². The van der Waals surface area contributed by atoms with Gasteiger partial charge >= 0.3 is 0 Å². The standard InChI is InChI=1S/C37H47N3O6/c1-8-19-38(26-13-15-27(16-14-26)45-10-3)34(42)31-30-17-18-37(46-30)32(31)35(43)40(29(22-41)23(4)5)33(37)36(44)39(20-9-2)28-21-24(6)11-12-25(28)7/h8-9,11-16,21,23,29-33,41H,1-2,10,17-20,22H2,3-7H3/t29-,30+,31-,32-,33?,37?/m0/s1. The Morgan fingerprint density at radius 1 is 1.09 bits per heavy atom. The molecule has 3 saturated heterocycles. The first-order valence-electron chi connectivity index (χ1n) is 16.3. The van der Waals surface area contributed by atoms with Crippen LogP contribution in [-0.4, -0.2) is 77.8 Å². The van der Waals surface area contributed by atoms with Crippen molar-refractivity contribution in [3.05, 3.63) is 78.9 Å². The lowest BCUT2D eigenvalue weighted by atomic mass is 9.70. The molecule has 2 aromatic carbocycles. The summed E-state index contributed by atoms with van der Waals surface area (Å²) >= 11 is 0. The van der Waals surface area contributed by atoms with Crippen molar-refractivity contribution in [3.63, 3.8) is 0 Å². The van der Waals surface area contributed by atoms with E-state index < -0.39 is 35.6 Å². The molecule has 0 radical (unpaired) electrons. The molecule has 5 rings (SSSR count). The second kappa shape index (κ2) is 13.4. The molecule has 3 fully saturated rings. The summed E-state index contributed by atoms with van der Waals surface area (Å²) in [5.41, 5.74) is 2.08. The average molecular weight is 630 g/mol. The van der Waals surface area contributed by atoms with Gasteiger partial charge in [-0.2, -0.15) is 0 Å². The van der Waals surface area contributed by atoms with Crippen LogP contribution in [0.4, 0.5) is 11.4 Å². The van der Waals surface area contributed by atoms with Crippen molar-refractivity contribution >= 4 is 29.1 Å². The van der Waals surface area contributed by atoms with Crippen LogP contribution in [0.15, 0.2) is 67.8 Å². The molecule has 246 valence electrons. The normalized spacial score (nSPS) is 25.4. The number of aliphatic hydroxyl groups is 1. The topological polar surface area (TPSA) is 99.6 Å². The van der Waals surface area contributed by atoms with Gasteiger partial charge in [0, 0.05) is 24.5 Å². The highest BCUT2D eigenvalue weighted by Crippen LogP contribution is 2.59. The van der Waals surface area contributed by atoms with Gasteiger partial charge in [-0.15, -0.1) is 13.2 Å². The van der Waals surface area contributed by atoms with Gasteiger partial charge in [0.2, 0.25) is 11.8 Å². The summed E-state index contributed by atoms with van der Waals surface area (Å²) in [4.78, 5) is 49.1. The number of nitrogens with zero attached hydrogens (tertiary/aromatic N) is 3. The van der Waals surface area contributed by atoms with Crippen molar-refractivity contribution in [2.45, 2.75) is 71.2 Å². The highest BCUT2D eigenvalue weighted by atomic mass is 16.5. The zero-order chi connectivity index (χ0) is 33.3. The average Bonchev–Trinajstić information content (AvgIpc) is 3.68. The largest absolute Gasteiger partial charge is 0.494 e. The molecule has 1 N–H and O–H groups in total. The van der Waals surface area contributed by atoms with Gasteiger partial charge < -0.3 is 29.3 Å². The fourth-order valence-electron chi connectivity index (χ4n) is 7.74. The third-order valence-corrected chi connectivity index (χ3v) is 9.84. The smallest absolute Gasteiger partial charge is 0.253 e. The lowest BCUT2D eigenvalue weighted by molar-refractivity contribution is -0.145. The number of rotatable bonds is 13. The predicted octanol–water partition coefficient (Wildman–Crippen LogP) is 4.83. The van der Waals surface area contributed by atoms with Crippen molar-refractivity contribution in [1.29, 1.82) is 0 Å². The number of carbonyl (C=O) groups excluding carboxylic acids is 3. The molecule has 3 heterocycles. The summed E-state index contributed by atoms with van der Waals surface area (Å²) in [6.45, 7) is 18.1. The predicted molar refractivity (Wildman–Crippen MR) is 179 cm³/mol. The summed E-state index contributed by atoms with van der Waals surface area (Å²) < 4.78 is 12.3. The molecule has 0 aromatic heterocycles. The minimum absolute atomic E-state index is 0.152. The maximum Gasteiger partial charge on any atom is 0.253 e. The summed E-state index contributed by atoms with van der Waals surface area (Å²) in [6, 6.07) is 11.5. The van der Waals surface area contributed by atoms with Gasteiger partial charge in [0.15, 0.2) is 0 Å². The highest BCUT2D eigenvalue weighted by Gasteiger charge is 2.75. The number of fused-ring (bicyclic) bond motifs is 1. The fraction of sp³-hybridized carbons (Fsp3) is 0.486. The molecule has 2 unspecified atom stereocenters. The summed E-state index contributed by atoms with van der Waals surface area (Å²) in [7, 11) is 0. The van der Waals surface area contributed by atoms with Crippen LogP contribution in [0, 0.1) is 31.6 Å². The van der Waals surface area contributed by atoms with Gasteiger partial charge in [0.25, 0.3) is 5.91 Å². The van der Waals surface area contributed by atoms with E-state index in [9.17, 15) is 19.5 Å². The molecule has 2 aromatic rings. The quantitative estimate of drug-likeness (QED) is 0.319. The second-order valence-corrected chi connectivity index (χ2v) is 13.0. The molecule has 3 aliphatic rings. The monoisotopic (exact) mass is 629 g/mol. The number of aliphatic hydroxyl groups excluding tert-OH is 1. The molecule has 0 saturated carbocycles. The van der Waals surface area contributed by atoms with E-state index in [0.29, 0.717) is 30.9 Å². The summed E-state index contributed by atoms with van der Waals surface area (Å²) in [5, 5.41) is 10.6. The zero-order valence-corrected chi connectivity index (χ0v) is 27.6. The molecule has 2 bridgehead atoms. The van der Waals surface area contributed by atoms with E-state index in [1.165, 1.54) is 0 Å². The zero-order valence-electron chi connectivity index (χ0n) is 27.6. The Balaban J connectivity index is 1.59. The number of amides is 3. The molecule has 0 aliphatic carbocycles. The lowest BCUT2D eigenvalue weighted by Gasteiger charge is -2.40. The molecule has 9 nitrogen and oxygen atoms in total. The van der Waals surface area contributed by atoms with Crippen molar-refractivity contribution in [2.24, 2.45) is 17.8 Å². The van der Waals surface area contributed by atoms with Crippen LogP contribution in [0.1, 0.15) is 44.7 Å². The van der Waals surface area contributed by atoms with E-state index in [1.54, 1.807) is 26.9 Å². The molecule has 46 heavy (non-hydrogen) atoms.